The molecule has 3 nitrogen and oxygen atoms in total. The lowest BCUT2D eigenvalue weighted by atomic mass is 9.99. The molecule has 2 heterocycles. The van der Waals surface area contributed by atoms with Gasteiger partial charge in [-0.1, -0.05) is 18.6 Å². The van der Waals surface area contributed by atoms with Gasteiger partial charge in [-0.05, 0) is 50.1 Å². The molecule has 2 fully saturated rings. The second-order valence-electron chi connectivity index (χ2n) is 5.58. The highest BCUT2D eigenvalue weighted by molar-refractivity contribution is 7.80. The molecule has 0 bridgehead atoms. The normalized spacial score (nSPS) is 26.9. The predicted octanol–water partition coefficient (Wildman–Crippen LogP) is 2.36. The molecule has 0 aliphatic carbocycles. The minimum Gasteiger partial charge on any atom is -0.389 e. The van der Waals surface area contributed by atoms with Gasteiger partial charge in [0.1, 0.15) is 4.99 Å². The van der Waals surface area contributed by atoms with Crippen molar-refractivity contribution in [2.45, 2.75) is 37.8 Å². The van der Waals surface area contributed by atoms with Crippen molar-refractivity contribution in [3.63, 3.8) is 0 Å². The van der Waals surface area contributed by atoms with Crippen LogP contribution in [0.2, 0.25) is 0 Å². The third-order valence-corrected chi connectivity index (χ3v) is 4.61. The van der Waals surface area contributed by atoms with E-state index in [2.05, 4.69) is 22.3 Å². The van der Waals surface area contributed by atoms with E-state index in [0.29, 0.717) is 11.0 Å². The number of piperidine rings is 1. The maximum Gasteiger partial charge on any atom is 0.103 e. The van der Waals surface area contributed by atoms with E-state index in [9.17, 15) is 0 Å². The maximum absolute atomic E-state index is 5.62. The molecule has 19 heavy (non-hydrogen) atoms. The van der Waals surface area contributed by atoms with Gasteiger partial charge < -0.3 is 11.1 Å². The average molecular weight is 275 g/mol. The van der Waals surface area contributed by atoms with Gasteiger partial charge in [-0.2, -0.15) is 0 Å². The SMILES string of the molecule is NC(=S)c1ccc(NC2CCN3CCCCC23)cc1. The number of thiocarbonyl (C=S) groups is 1. The molecule has 2 atom stereocenters. The second-order valence-corrected chi connectivity index (χ2v) is 6.02. The van der Waals surface area contributed by atoms with E-state index in [4.69, 9.17) is 18.0 Å². The zero-order valence-corrected chi connectivity index (χ0v) is 12.0. The molecule has 3 rings (SSSR count). The van der Waals surface area contributed by atoms with E-state index in [1.807, 2.05) is 12.1 Å². The summed E-state index contributed by atoms with van der Waals surface area (Å²) in [5.41, 5.74) is 7.73. The molecular weight excluding hydrogens is 254 g/mol. The average Bonchev–Trinajstić information content (AvgIpc) is 2.83. The Morgan fingerprint density at radius 1 is 1.16 bits per heavy atom. The summed E-state index contributed by atoms with van der Waals surface area (Å²) in [4.78, 5) is 3.11. The van der Waals surface area contributed by atoms with Crippen LogP contribution in [0.1, 0.15) is 31.2 Å². The summed E-state index contributed by atoms with van der Waals surface area (Å²) in [5, 5.41) is 3.68. The van der Waals surface area contributed by atoms with Crippen molar-refractivity contribution in [1.29, 1.82) is 0 Å². The summed E-state index contributed by atoms with van der Waals surface area (Å²) in [7, 11) is 0. The van der Waals surface area contributed by atoms with Gasteiger partial charge in [-0.15, -0.1) is 0 Å². The fourth-order valence-electron chi connectivity index (χ4n) is 3.36. The van der Waals surface area contributed by atoms with Gasteiger partial charge in [-0.25, -0.2) is 0 Å². The summed E-state index contributed by atoms with van der Waals surface area (Å²) in [6.45, 7) is 2.52. The Kier molecular flexibility index (Phi) is 3.71. The molecule has 4 heteroatoms. The number of anilines is 1. The number of hydrogen-bond acceptors (Lipinski definition) is 3. The predicted molar refractivity (Wildman–Crippen MR) is 83.6 cm³/mol. The minimum atomic E-state index is 0.464. The molecule has 102 valence electrons. The zero-order valence-electron chi connectivity index (χ0n) is 11.1. The Bertz CT molecular complexity index is 457. The Labute approximate surface area is 120 Å². The molecule has 0 radical (unpaired) electrons. The number of nitrogens with two attached hydrogens (primary N) is 1. The number of nitrogens with one attached hydrogen (secondary N) is 1. The van der Waals surface area contributed by atoms with Crippen LogP contribution in [0.25, 0.3) is 0 Å². The van der Waals surface area contributed by atoms with Crippen LogP contribution in [0.5, 0.6) is 0 Å². The minimum absolute atomic E-state index is 0.464. The van der Waals surface area contributed by atoms with Crippen LogP contribution >= 0.6 is 12.2 Å². The monoisotopic (exact) mass is 275 g/mol. The van der Waals surface area contributed by atoms with Crippen molar-refractivity contribution < 1.29 is 0 Å². The van der Waals surface area contributed by atoms with Gasteiger partial charge in [0.05, 0.1) is 0 Å². The van der Waals surface area contributed by atoms with E-state index in [-0.39, 0.29) is 0 Å². The summed E-state index contributed by atoms with van der Waals surface area (Å²) < 4.78 is 0. The number of benzene rings is 1. The first-order valence-corrected chi connectivity index (χ1v) is 7.55. The highest BCUT2D eigenvalue weighted by Gasteiger charge is 2.35. The molecule has 1 aromatic rings. The number of rotatable bonds is 3. The molecule has 2 unspecified atom stereocenters. The molecule has 0 amide bonds. The van der Waals surface area contributed by atoms with Gasteiger partial charge in [0.25, 0.3) is 0 Å². The smallest absolute Gasteiger partial charge is 0.103 e. The third kappa shape index (κ3) is 2.74. The Hall–Kier alpha value is -1.13. The van der Waals surface area contributed by atoms with Crippen molar-refractivity contribution in [2.24, 2.45) is 5.73 Å². The van der Waals surface area contributed by atoms with E-state index in [1.165, 1.54) is 44.5 Å². The molecule has 0 saturated carbocycles. The topological polar surface area (TPSA) is 41.3 Å². The fourth-order valence-corrected chi connectivity index (χ4v) is 3.50. The first-order valence-electron chi connectivity index (χ1n) is 7.14. The van der Waals surface area contributed by atoms with Crippen LogP contribution in [0.4, 0.5) is 5.69 Å². The van der Waals surface area contributed by atoms with Gasteiger partial charge >= 0.3 is 0 Å². The lowest BCUT2D eigenvalue weighted by Gasteiger charge is -2.33. The van der Waals surface area contributed by atoms with Crippen LogP contribution in [-0.2, 0) is 0 Å². The maximum atomic E-state index is 5.62. The Balaban J connectivity index is 1.66. The first kappa shape index (κ1) is 12.9. The summed E-state index contributed by atoms with van der Waals surface area (Å²) in [6, 6.07) is 9.48. The molecule has 3 N–H and O–H groups in total. The highest BCUT2D eigenvalue weighted by Crippen LogP contribution is 2.29. The molecule has 2 aliphatic heterocycles. The van der Waals surface area contributed by atoms with Gasteiger partial charge in [0.15, 0.2) is 0 Å². The van der Waals surface area contributed by atoms with Crippen LogP contribution in [-0.4, -0.2) is 35.1 Å². The second kappa shape index (κ2) is 5.47. The molecule has 2 aliphatic rings. The summed E-state index contributed by atoms with van der Waals surface area (Å²) in [6.07, 6.45) is 5.33. The van der Waals surface area contributed by atoms with E-state index in [1.54, 1.807) is 0 Å². The van der Waals surface area contributed by atoms with E-state index in [0.717, 1.165) is 11.6 Å². The van der Waals surface area contributed by atoms with Crippen LogP contribution in [0.15, 0.2) is 24.3 Å². The van der Waals surface area contributed by atoms with Crippen molar-refractivity contribution in [2.75, 3.05) is 18.4 Å². The van der Waals surface area contributed by atoms with Crippen LogP contribution < -0.4 is 11.1 Å². The van der Waals surface area contributed by atoms with E-state index >= 15 is 0 Å². The number of hydrogen-bond donors (Lipinski definition) is 2. The Morgan fingerprint density at radius 2 is 1.95 bits per heavy atom. The van der Waals surface area contributed by atoms with Crippen molar-refractivity contribution in [3.05, 3.63) is 29.8 Å². The third-order valence-electron chi connectivity index (χ3n) is 4.38. The molecule has 0 spiro atoms. The lowest BCUT2D eigenvalue weighted by Crippen LogP contribution is -2.41. The first-order chi connectivity index (χ1) is 9.24. The molecule has 2 saturated heterocycles. The number of nitrogens with zero attached hydrogens (tertiary/aromatic N) is 1. The highest BCUT2D eigenvalue weighted by atomic mass is 32.1. The van der Waals surface area contributed by atoms with Gasteiger partial charge in [0, 0.05) is 29.9 Å². The quantitative estimate of drug-likeness (QED) is 0.831. The summed E-state index contributed by atoms with van der Waals surface area (Å²) in [5.74, 6) is 0. The standard InChI is InChI=1S/C15H21N3S/c16-15(19)11-4-6-12(7-5-11)17-13-8-10-18-9-2-1-3-14(13)18/h4-7,13-14,17H,1-3,8-10H2,(H2,16,19). The van der Waals surface area contributed by atoms with Gasteiger partial charge in [-0.3, -0.25) is 4.90 Å². The largest absolute Gasteiger partial charge is 0.389 e. The van der Waals surface area contributed by atoms with Crippen molar-refractivity contribution in [1.82, 2.24) is 4.90 Å². The zero-order chi connectivity index (χ0) is 13.2. The fraction of sp³-hybridized carbons (Fsp3) is 0.533. The Morgan fingerprint density at radius 3 is 2.68 bits per heavy atom. The van der Waals surface area contributed by atoms with Crippen LogP contribution in [0, 0.1) is 0 Å². The molecular formula is C15H21N3S. The lowest BCUT2D eigenvalue weighted by molar-refractivity contribution is 0.193. The summed E-state index contributed by atoms with van der Waals surface area (Å²) >= 11 is 4.98. The molecule has 1 aromatic carbocycles. The van der Waals surface area contributed by atoms with Crippen molar-refractivity contribution >= 4 is 22.9 Å². The van der Waals surface area contributed by atoms with E-state index < -0.39 is 0 Å². The van der Waals surface area contributed by atoms with Gasteiger partial charge in [0.2, 0.25) is 0 Å². The molecule has 0 aromatic heterocycles. The van der Waals surface area contributed by atoms with Crippen LogP contribution in [0.3, 0.4) is 0 Å². The number of fused-ring (bicyclic) bond motifs is 1. The van der Waals surface area contributed by atoms with Crippen molar-refractivity contribution in [3.8, 4) is 0 Å².